The Bertz CT molecular complexity index is 610. The Labute approximate surface area is 124 Å². The molecule has 3 rings (SSSR count). The van der Waals surface area contributed by atoms with Crippen LogP contribution in [0.15, 0.2) is 18.7 Å². The fraction of sp³-hybridized carbons (Fsp3) is 0.533. The first-order valence-electron chi connectivity index (χ1n) is 7.41. The largest absolute Gasteiger partial charge is 0.478 e. The van der Waals surface area contributed by atoms with E-state index >= 15 is 0 Å². The number of aromatic nitrogens is 4. The maximum absolute atomic E-state index is 5.63. The van der Waals surface area contributed by atoms with Crippen LogP contribution >= 0.6 is 0 Å². The third-order valence-corrected chi connectivity index (χ3v) is 3.78. The predicted octanol–water partition coefficient (Wildman–Crippen LogP) is 1.21. The van der Waals surface area contributed by atoms with Crippen LogP contribution in [0.2, 0.25) is 0 Å². The number of ether oxygens (including phenoxy) is 1. The maximum Gasteiger partial charge on any atom is 0.219 e. The second kappa shape index (κ2) is 6.22. The van der Waals surface area contributed by atoms with E-state index in [1.807, 2.05) is 24.9 Å². The molecule has 3 heterocycles. The first kappa shape index (κ1) is 14.0. The molecule has 0 aromatic carbocycles. The van der Waals surface area contributed by atoms with Crippen molar-refractivity contribution in [3.8, 4) is 5.88 Å². The lowest BCUT2D eigenvalue weighted by atomic mass is 10.1. The molecular formula is C15H21N5O. The summed E-state index contributed by atoms with van der Waals surface area (Å²) in [7, 11) is 1.95. The zero-order chi connectivity index (χ0) is 14.7. The number of aryl methyl sites for hydroxylation is 1. The predicted molar refractivity (Wildman–Crippen MR) is 79.1 cm³/mol. The number of fused-ring (bicyclic) bond motifs is 1. The van der Waals surface area contributed by atoms with Gasteiger partial charge in [-0.1, -0.05) is 0 Å². The van der Waals surface area contributed by atoms with E-state index in [-0.39, 0.29) is 0 Å². The Balaban J connectivity index is 1.71. The van der Waals surface area contributed by atoms with Crippen LogP contribution in [0.3, 0.4) is 0 Å². The molecule has 112 valence electrons. The van der Waals surface area contributed by atoms with Gasteiger partial charge in [0.2, 0.25) is 5.88 Å². The molecule has 0 amide bonds. The van der Waals surface area contributed by atoms with Gasteiger partial charge in [0.1, 0.15) is 6.33 Å². The van der Waals surface area contributed by atoms with Crippen LogP contribution in [0, 0.1) is 0 Å². The van der Waals surface area contributed by atoms with Gasteiger partial charge in [0.25, 0.3) is 0 Å². The van der Waals surface area contributed by atoms with Gasteiger partial charge >= 0.3 is 0 Å². The second-order valence-electron chi connectivity index (χ2n) is 5.34. The van der Waals surface area contributed by atoms with E-state index in [2.05, 4.69) is 26.2 Å². The molecule has 0 aliphatic carbocycles. The van der Waals surface area contributed by atoms with Crippen molar-refractivity contribution in [2.75, 3.05) is 19.7 Å². The minimum absolute atomic E-state index is 0.642. The third kappa shape index (κ3) is 3.21. The van der Waals surface area contributed by atoms with Gasteiger partial charge in [-0.25, -0.2) is 9.97 Å². The quantitative estimate of drug-likeness (QED) is 0.846. The summed E-state index contributed by atoms with van der Waals surface area (Å²) in [6.45, 7) is 5.56. The molecule has 2 aromatic rings. The van der Waals surface area contributed by atoms with Gasteiger partial charge in [-0.3, -0.25) is 9.58 Å². The van der Waals surface area contributed by atoms with Crippen LogP contribution < -0.4 is 4.74 Å². The van der Waals surface area contributed by atoms with Crippen LogP contribution in [0.25, 0.3) is 0 Å². The minimum Gasteiger partial charge on any atom is -0.478 e. The lowest BCUT2D eigenvalue weighted by molar-refractivity contribution is 0.277. The molecule has 0 saturated carbocycles. The molecule has 6 nitrogen and oxygen atoms in total. The molecular weight excluding hydrogens is 266 g/mol. The van der Waals surface area contributed by atoms with Crippen LogP contribution in [0.4, 0.5) is 0 Å². The molecule has 2 aromatic heterocycles. The fourth-order valence-electron chi connectivity index (χ4n) is 2.77. The summed E-state index contributed by atoms with van der Waals surface area (Å²) in [5, 5.41) is 4.23. The van der Waals surface area contributed by atoms with Crippen molar-refractivity contribution in [1.82, 2.24) is 24.6 Å². The van der Waals surface area contributed by atoms with Crippen LogP contribution in [0.5, 0.6) is 5.88 Å². The van der Waals surface area contributed by atoms with Gasteiger partial charge in [-0.05, 0) is 13.3 Å². The molecule has 0 radical (unpaired) electrons. The highest BCUT2D eigenvalue weighted by atomic mass is 16.5. The van der Waals surface area contributed by atoms with Gasteiger partial charge < -0.3 is 4.74 Å². The molecule has 1 aliphatic rings. The van der Waals surface area contributed by atoms with Crippen LogP contribution in [-0.4, -0.2) is 44.3 Å². The number of nitrogens with zero attached hydrogens (tertiary/aromatic N) is 5. The summed E-state index contributed by atoms with van der Waals surface area (Å²) in [6, 6.07) is 0. The normalized spacial score (nSPS) is 15.5. The van der Waals surface area contributed by atoms with Gasteiger partial charge in [-0.15, -0.1) is 0 Å². The average molecular weight is 287 g/mol. The number of hydrogen-bond acceptors (Lipinski definition) is 5. The van der Waals surface area contributed by atoms with Gasteiger partial charge in [0.15, 0.2) is 0 Å². The van der Waals surface area contributed by atoms with Crippen molar-refractivity contribution in [3.63, 3.8) is 0 Å². The van der Waals surface area contributed by atoms with Crippen molar-refractivity contribution in [1.29, 1.82) is 0 Å². The van der Waals surface area contributed by atoms with E-state index in [0.29, 0.717) is 6.61 Å². The Morgan fingerprint density at radius 3 is 2.86 bits per heavy atom. The van der Waals surface area contributed by atoms with E-state index in [4.69, 9.17) is 4.74 Å². The van der Waals surface area contributed by atoms with Crippen LogP contribution in [-0.2, 0) is 26.4 Å². The molecule has 0 unspecified atom stereocenters. The van der Waals surface area contributed by atoms with Crippen molar-refractivity contribution in [2.45, 2.75) is 26.3 Å². The fourth-order valence-corrected chi connectivity index (χ4v) is 2.77. The monoisotopic (exact) mass is 287 g/mol. The Kier molecular flexibility index (Phi) is 4.15. The topological polar surface area (TPSA) is 56.1 Å². The molecule has 6 heteroatoms. The standard InChI is InChI=1S/C15H21N5O/c1-3-21-15-13-4-6-20(7-5-14(13)16-11-17-15)10-12-8-18-19(2)9-12/h8-9,11H,3-7,10H2,1-2H3. The van der Waals surface area contributed by atoms with E-state index < -0.39 is 0 Å². The van der Waals surface area contributed by atoms with Crippen molar-refractivity contribution < 1.29 is 4.74 Å². The minimum atomic E-state index is 0.642. The highest BCUT2D eigenvalue weighted by Crippen LogP contribution is 2.22. The third-order valence-electron chi connectivity index (χ3n) is 3.78. The maximum atomic E-state index is 5.63. The van der Waals surface area contributed by atoms with E-state index in [1.165, 1.54) is 11.1 Å². The first-order chi connectivity index (χ1) is 10.3. The second-order valence-corrected chi connectivity index (χ2v) is 5.34. The smallest absolute Gasteiger partial charge is 0.219 e. The lowest BCUT2D eigenvalue weighted by Gasteiger charge is -2.18. The van der Waals surface area contributed by atoms with Crippen molar-refractivity contribution in [2.24, 2.45) is 7.05 Å². The molecule has 0 fully saturated rings. The molecule has 0 N–H and O–H groups in total. The van der Waals surface area contributed by atoms with E-state index in [9.17, 15) is 0 Å². The Morgan fingerprint density at radius 2 is 2.10 bits per heavy atom. The summed E-state index contributed by atoms with van der Waals surface area (Å²) >= 11 is 0. The van der Waals surface area contributed by atoms with Crippen molar-refractivity contribution >= 4 is 0 Å². The van der Waals surface area contributed by atoms with Gasteiger partial charge in [0.05, 0.1) is 18.5 Å². The van der Waals surface area contributed by atoms with E-state index in [1.54, 1.807) is 6.33 Å². The first-order valence-corrected chi connectivity index (χ1v) is 7.41. The summed E-state index contributed by atoms with van der Waals surface area (Å²) in [5.74, 6) is 0.755. The van der Waals surface area contributed by atoms with E-state index in [0.717, 1.165) is 44.0 Å². The highest BCUT2D eigenvalue weighted by molar-refractivity contribution is 5.31. The summed E-state index contributed by atoms with van der Waals surface area (Å²) in [5.41, 5.74) is 3.55. The van der Waals surface area contributed by atoms with Crippen molar-refractivity contribution in [3.05, 3.63) is 35.5 Å². The zero-order valence-electron chi connectivity index (χ0n) is 12.6. The lowest BCUT2D eigenvalue weighted by Crippen LogP contribution is -2.25. The Hall–Kier alpha value is -1.95. The SMILES string of the molecule is CCOc1ncnc2c1CCN(Cc1cnn(C)c1)CC2. The molecule has 21 heavy (non-hydrogen) atoms. The highest BCUT2D eigenvalue weighted by Gasteiger charge is 2.19. The molecule has 0 bridgehead atoms. The average Bonchev–Trinajstić information content (AvgIpc) is 2.77. The van der Waals surface area contributed by atoms with Gasteiger partial charge in [0, 0.05) is 50.4 Å². The van der Waals surface area contributed by atoms with Gasteiger partial charge in [-0.2, -0.15) is 5.10 Å². The molecule has 0 atom stereocenters. The summed E-state index contributed by atoms with van der Waals surface area (Å²) < 4.78 is 7.48. The summed E-state index contributed by atoms with van der Waals surface area (Å²) in [6.07, 6.45) is 7.50. The Morgan fingerprint density at radius 1 is 1.24 bits per heavy atom. The summed E-state index contributed by atoms with van der Waals surface area (Å²) in [4.78, 5) is 11.1. The molecule has 0 spiro atoms. The van der Waals surface area contributed by atoms with Crippen LogP contribution in [0.1, 0.15) is 23.7 Å². The number of hydrogen-bond donors (Lipinski definition) is 0. The molecule has 1 aliphatic heterocycles. The zero-order valence-corrected chi connectivity index (χ0v) is 12.6. The molecule has 0 saturated heterocycles. The number of rotatable bonds is 4.